The zero-order valence-corrected chi connectivity index (χ0v) is 21.9. The highest BCUT2D eigenvalue weighted by atomic mass is 16.4. The van der Waals surface area contributed by atoms with Crippen molar-refractivity contribution < 1.29 is 44.1 Å². The lowest BCUT2D eigenvalue weighted by Gasteiger charge is -2.25. The standard InChI is InChI=1S/C25H33N7O9/c26-16(5-8-21(35)36)22(37)31-18(9-13-1-3-15(33)4-2-13)24(39)30-17(6-7-20(27)34)23(38)32-19(25(40)41)10-14-11-28-12-29-14/h1-4,11-12,16-19,33H,5-10,26H2,(H2,27,34)(H,28,29)(H,30,39)(H,31,37)(H,32,38)(H,35,36)(H,40,41). The number of aromatic nitrogens is 2. The summed E-state index contributed by atoms with van der Waals surface area (Å²) in [6.07, 6.45) is 1.26. The molecule has 1 heterocycles. The van der Waals surface area contributed by atoms with Gasteiger partial charge in [-0.05, 0) is 30.5 Å². The number of aromatic amines is 1. The molecule has 16 nitrogen and oxygen atoms in total. The SMILES string of the molecule is NC(=O)CCC(NC(=O)C(Cc1ccc(O)cc1)NC(=O)C(N)CCC(=O)O)C(=O)NC(Cc1cnc[nH]1)C(=O)O. The molecule has 0 aliphatic carbocycles. The molecule has 41 heavy (non-hydrogen) atoms. The maximum atomic E-state index is 13.3. The van der Waals surface area contributed by atoms with Crippen molar-refractivity contribution in [3.8, 4) is 5.75 Å². The number of imidazole rings is 1. The molecule has 0 saturated carbocycles. The summed E-state index contributed by atoms with van der Waals surface area (Å²) in [5.74, 6) is -5.96. The summed E-state index contributed by atoms with van der Waals surface area (Å²) in [5, 5.41) is 35.2. The third kappa shape index (κ3) is 11.3. The number of hydrogen-bond donors (Lipinski definition) is 9. The summed E-state index contributed by atoms with van der Waals surface area (Å²) >= 11 is 0. The van der Waals surface area contributed by atoms with Crippen molar-refractivity contribution >= 4 is 35.6 Å². The van der Waals surface area contributed by atoms with Crippen molar-refractivity contribution in [1.29, 1.82) is 0 Å². The number of carbonyl (C=O) groups is 6. The van der Waals surface area contributed by atoms with Crippen LogP contribution < -0.4 is 27.4 Å². The smallest absolute Gasteiger partial charge is 0.326 e. The van der Waals surface area contributed by atoms with Gasteiger partial charge >= 0.3 is 11.9 Å². The second kappa shape index (κ2) is 15.6. The van der Waals surface area contributed by atoms with E-state index in [1.165, 1.54) is 36.8 Å². The van der Waals surface area contributed by atoms with Gasteiger partial charge in [0.2, 0.25) is 23.6 Å². The van der Waals surface area contributed by atoms with Gasteiger partial charge in [0.05, 0.1) is 12.4 Å². The van der Waals surface area contributed by atoms with E-state index in [-0.39, 0.29) is 44.3 Å². The number of carbonyl (C=O) groups excluding carboxylic acids is 4. The number of benzene rings is 1. The lowest BCUT2D eigenvalue weighted by atomic mass is 10.0. The summed E-state index contributed by atoms with van der Waals surface area (Å²) < 4.78 is 0. The third-order valence-corrected chi connectivity index (χ3v) is 5.92. The van der Waals surface area contributed by atoms with Crippen LogP contribution in [0.15, 0.2) is 36.8 Å². The normalized spacial score (nSPS) is 13.7. The van der Waals surface area contributed by atoms with E-state index in [1.54, 1.807) is 0 Å². The number of primary amides is 1. The summed E-state index contributed by atoms with van der Waals surface area (Å²) in [5.41, 5.74) is 11.9. The van der Waals surface area contributed by atoms with Crippen LogP contribution in [0.5, 0.6) is 5.75 Å². The number of nitrogens with one attached hydrogen (secondary N) is 4. The van der Waals surface area contributed by atoms with Crippen LogP contribution in [0.4, 0.5) is 0 Å². The predicted molar refractivity (Wildman–Crippen MR) is 141 cm³/mol. The number of hydrogen-bond acceptors (Lipinski definition) is 9. The number of rotatable bonds is 17. The van der Waals surface area contributed by atoms with Crippen LogP contribution in [0.3, 0.4) is 0 Å². The molecule has 0 aliphatic heterocycles. The van der Waals surface area contributed by atoms with Crippen molar-refractivity contribution in [3.63, 3.8) is 0 Å². The number of nitrogens with zero attached hydrogens (tertiary/aromatic N) is 1. The number of carboxylic acids is 2. The highest BCUT2D eigenvalue weighted by Gasteiger charge is 2.31. The van der Waals surface area contributed by atoms with Gasteiger partial charge in [0, 0.05) is 37.6 Å². The molecular formula is C25H33N7O9. The lowest BCUT2D eigenvalue weighted by molar-refractivity contribution is -0.142. The maximum Gasteiger partial charge on any atom is 0.326 e. The minimum Gasteiger partial charge on any atom is -0.508 e. The Bertz CT molecular complexity index is 1220. The summed E-state index contributed by atoms with van der Waals surface area (Å²) in [4.78, 5) is 79.6. The first-order chi connectivity index (χ1) is 19.3. The number of carboxylic acid groups (broad SMARTS) is 2. The average Bonchev–Trinajstić information content (AvgIpc) is 3.42. The van der Waals surface area contributed by atoms with E-state index in [2.05, 4.69) is 25.9 Å². The Hall–Kier alpha value is -4.99. The maximum absolute atomic E-state index is 13.3. The fourth-order valence-corrected chi connectivity index (χ4v) is 3.68. The average molecular weight is 576 g/mol. The summed E-state index contributed by atoms with van der Waals surface area (Å²) in [7, 11) is 0. The molecule has 0 bridgehead atoms. The van der Waals surface area contributed by atoms with E-state index in [0.717, 1.165) is 0 Å². The fourth-order valence-electron chi connectivity index (χ4n) is 3.68. The molecule has 0 spiro atoms. The van der Waals surface area contributed by atoms with Gasteiger partial charge in [0.15, 0.2) is 0 Å². The Kier molecular flexibility index (Phi) is 12.2. The van der Waals surface area contributed by atoms with Crippen molar-refractivity contribution in [2.45, 2.75) is 62.7 Å². The molecule has 222 valence electrons. The second-order valence-electron chi connectivity index (χ2n) is 9.22. The molecule has 2 rings (SSSR count). The van der Waals surface area contributed by atoms with Gasteiger partial charge in [-0.2, -0.15) is 0 Å². The molecule has 0 radical (unpaired) electrons. The topological polar surface area (TPSA) is 280 Å². The minimum absolute atomic E-state index is 0.0409. The van der Waals surface area contributed by atoms with E-state index in [4.69, 9.17) is 16.6 Å². The van der Waals surface area contributed by atoms with Gasteiger partial charge in [-0.3, -0.25) is 24.0 Å². The lowest BCUT2D eigenvalue weighted by Crippen LogP contribution is -2.58. The molecule has 1 aromatic carbocycles. The fraction of sp³-hybridized carbons (Fsp3) is 0.400. The number of aliphatic carboxylic acids is 2. The number of phenolic OH excluding ortho intramolecular Hbond substituents is 1. The number of phenols is 1. The molecule has 16 heteroatoms. The molecule has 4 unspecified atom stereocenters. The van der Waals surface area contributed by atoms with Gasteiger partial charge in [-0.15, -0.1) is 0 Å². The van der Waals surface area contributed by atoms with E-state index < -0.39 is 59.7 Å². The minimum atomic E-state index is -1.42. The van der Waals surface area contributed by atoms with Crippen LogP contribution in [0.25, 0.3) is 0 Å². The van der Waals surface area contributed by atoms with E-state index in [0.29, 0.717) is 11.3 Å². The Labute approximate surface area is 233 Å². The van der Waals surface area contributed by atoms with Crippen LogP contribution >= 0.6 is 0 Å². The quantitative estimate of drug-likeness (QED) is 0.0984. The van der Waals surface area contributed by atoms with Gasteiger partial charge in [-0.1, -0.05) is 12.1 Å². The van der Waals surface area contributed by atoms with Crippen molar-refractivity contribution in [3.05, 3.63) is 48.0 Å². The van der Waals surface area contributed by atoms with Crippen LogP contribution in [0, 0.1) is 0 Å². The van der Waals surface area contributed by atoms with Gasteiger partial charge in [0.1, 0.15) is 23.9 Å². The molecule has 1 aromatic heterocycles. The largest absolute Gasteiger partial charge is 0.508 e. The van der Waals surface area contributed by atoms with Crippen LogP contribution in [0.2, 0.25) is 0 Å². The molecule has 2 aromatic rings. The van der Waals surface area contributed by atoms with E-state index >= 15 is 0 Å². The Morgan fingerprint density at radius 2 is 1.44 bits per heavy atom. The van der Waals surface area contributed by atoms with E-state index in [9.17, 15) is 39.0 Å². The molecule has 0 saturated heterocycles. The van der Waals surface area contributed by atoms with Crippen LogP contribution in [-0.2, 0) is 41.6 Å². The van der Waals surface area contributed by atoms with Crippen molar-refractivity contribution in [1.82, 2.24) is 25.9 Å². The van der Waals surface area contributed by atoms with Gasteiger partial charge in [0.25, 0.3) is 0 Å². The first-order valence-electron chi connectivity index (χ1n) is 12.5. The zero-order valence-electron chi connectivity index (χ0n) is 21.9. The third-order valence-electron chi connectivity index (χ3n) is 5.92. The Morgan fingerprint density at radius 1 is 0.829 bits per heavy atom. The van der Waals surface area contributed by atoms with Crippen molar-refractivity contribution in [2.24, 2.45) is 11.5 Å². The van der Waals surface area contributed by atoms with Gasteiger partial charge < -0.3 is 47.7 Å². The van der Waals surface area contributed by atoms with Gasteiger partial charge in [-0.25, -0.2) is 9.78 Å². The summed E-state index contributed by atoms with van der Waals surface area (Å²) in [6.45, 7) is 0. The van der Waals surface area contributed by atoms with E-state index in [1.807, 2.05) is 0 Å². The molecular weight excluding hydrogens is 542 g/mol. The monoisotopic (exact) mass is 575 g/mol. The molecule has 11 N–H and O–H groups in total. The van der Waals surface area contributed by atoms with Crippen LogP contribution in [-0.4, -0.2) is 85.0 Å². The van der Waals surface area contributed by atoms with Crippen LogP contribution in [0.1, 0.15) is 36.9 Å². The summed E-state index contributed by atoms with van der Waals surface area (Å²) in [6, 6.07) is 0.307. The Morgan fingerprint density at radius 3 is 2.00 bits per heavy atom. The van der Waals surface area contributed by atoms with Crippen molar-refractivity contribution in [2.75, 3.05) is 0 Å². The molecule has 0 aliphatic rings. The molecule has 0 fully saturated rings. The first-order valence-corrected chi connectivity index (χ1v) is 12.5. The molecule has 4 amide bonds. The first kappa shape index (κ1) is 32.2. The second-order valence-corrected chi connectivity index (χ2v) is 9.22. The predicted octanol–water partition coefficient (Wildman–Crippen LogP) is -2.10. The number of amides is 4. The number of aromatic hydroxyl groups is 1. The number of H-pyrrole nitrogens is 1. The Balaban J connectivity index is 2.24. The molecule has 4 atom stereocenters. The zero-order chi connectivity index (χ0) is 30.5. The highest BCUT2D eigenvalue weighted by Crippen LogP contribution is 2.12. The number of nitrogens with two attached hydrogens (primary N) is 2. The highest BCUT2D eigenvalue weighted by molar-refractivity contribution is 5.94.